The summed E-state index contributed by atoms with van der Waals surface area (Å²) in [5.74, 6) is -1.44. The molecule has 2 atom stereocenters. The Morgan fingerprint density at radius 2 is 1.51 bits per heavy atom. The van der Waals surface area contributed by atoms with Crippen LogP contribution in [0.2, 0.25) is 5.02 Å². The number of anilines is 3. The second-order valence-electron chi connectivity index (χ2n) is 12.6. The highest BCUT2D eigenvalue weighted by Gasteiger charge is 2.52. The zero-order valence-corrected chi connectivity index (χ0v) is 23.4. The summed E-state index contributed by atoms with van der Waals surface area (Å²) in [6.45, 7) is 2.89. The van der Waals surface area contributed by atoms with Gasteiger partial charge in [0.25, 0.3) is 5.91 Å². The van der Waals surface area contributed by atoms with Crippen LogP contribution >= 0.6 is 11.6 Å². The lowest BCUT2D eigenvalue weighted by Gasteiger charge is -2.57. The number of rotatable bonds is 6. The number of carboxylic acid groups (broad SMARTS) is 1. The third-order valence-corrected chi connectivity index (χ3v) is 9.34. The van der Waals surface area contributed by atoms with E-state index in [0.717, 1.165) is 49.1 Å². The minimum absolute atomic E-state index is 0.0540. The number of halogens is 4. The Morgan fingerprint density at radius 1 is 0.927 bits per heavy atom. The zero-order chi connectivity index (χ0) is 29.3. The van der Waals surface area contributed by atoms with Crippen molar-refractivity contribution < 1.29 is 37.3 Å². The fourth-order valence-corrected chi connectivity index (χ4v) is 8.08. The van der Waals surface area contributed by atoms with E-state index in [0.29, 0.717) is 10.7 Å². The van der Waals surface area contributed by atoms with Crippen LogP contribution in [0.25, 0.3) is 0 Å². The van der Waals surface area contributed by atoms with Crippen molar-refractivity contribution in [3.05, 3.63) is 52.5 Å². The second kappa shape index (κ2) is 9.88. The molecule has 4 bridgehead atoms. The third-order valence-electron chi connectivity index (χ3n) is 9.02. The number of nitrogens with one attached hydrogen (secondary N) is 2. The Balaban J connectivity index is 1.24. The number of hydrogen-bond donors (Lipinski definition) is 3. The maximum Gasteiger partial charge on any atom is 0.416 e. The molecule has 0 aromatic heterocycles. The standard InChI is InChI=1S/C30H32ClF3N2O5/c1-28(2)40-24(25(41-28)27(38)39)26(37)36-21-9-19(30(32,33)34)8-20(11-21)35-23-4-3-18(10-22(23)31)29-12-15-5-16(13-29)7-17(6-15)14-29/h3-4,8-11,15-17,24-25,35H,5-7,12-14H2,1-2H3,(H,36,37)(H,38,39). The summed E-state index contributed by atoms with van der Waals surface area (Å²) >= 11 is 6.69. The minimum Gasteiger partial charge on any atom is -0.479 e. The van der Waals surface area contributed by atoms with Crippen LogP contribution in [0.15, 0.2) is 36.4 Å². The van der Waals surface area contributed by atoms with E-state index in [4.69, 9.17) is 21.1 Å². The van der Waals surface area contributed by atoms with Gasteiger partial charge in [-0.2, -0.15) is 13.2 Å². The molecule has 3 N–H and O–H groups in total. The molecule has 7 rings (SSSR count). The molecule has 220 valence electrons. The van der Waals surface area contributed by atoms with Gasteiger partial charge in [-0.3, -0.25) is 4.79 Å². The van der Waals surface area contributed by atoms with E-state index in [1.807, 2.05) is 12.1 Å². The number of benzene rings is 2. The molecule has 41 heavy (non-hydrogen) atoms. The van der Waals surface area contributed by atoms with Gasteiger partial charge in [-0.1, -0.05) is 17.7 Å². The van der Waals surface area contributed by atoms with Gasteiger partial charge in [0, 0.05) is 11.4 Å². The first-order valence-corrected chi connectivity index (χ1v) is 14.3. The molecular formula is C30H32ClF3N2O5. The topological polar surface area (TPSA) is 96.9 Å². The van der Waals surface area contributed by atoms with E-state index in [-0.39, 0.29) is 16.8 Å². The van der Waals surface area contributed by atoms with Gasteiger partial charge in [-0.05, 0) is 111 Å². The van der Waals surface area contributed by atoms with Gasteiger partial charge < -0.3 is 25.2 Å². The summed E-state index contributed by atoms with van der Waals surface area (Å²) in [5.41, 5.74) is 0.622. The van der Waals surface area contributed by atoms with Crippen molar-refractivity contribution in [2.75, 3.05) is 10.6 Å². The van der Waals surface area contributed by atoms with Crippen LogP contribution in [-0.4, -0.2) is 35.0 Å². The number of alkyl halides is 3. The van der Waals surface area contributed by atoms with Crippen LogP contribution in [0.3, 0.4) is 0 Å². The molecule has 1 amide bonds. The summed E-state index contributed by atoms with van der Waals surface area (Å²) in [6.07, 6.45) is -0.444. The predicted octanol–water partition coefficient (Wildman–Crippen LogP) is 7.11. The highest BCUT2D eigenvalue weighted by Crippen LogP contribution is 2.61. The monoisotopic (exact) mass is 592 g/mol. The fraction of sp³-hybridized carbons (Fsp3) is 0.533. The molecule has 0 spiro atoms. The molecule has 1 aliphatic heterocycles. The highest BCUT2D eigenvalue weighted by atomic mass is 35.5. The maximum absolute atomic E-state index is 13.8. The lowest BCUT2D eigenvalue weighted by molar-refractivity contribution is -0.166. The van der Waals surface area contributed by atoms with Crippen molar-refractivity contribution in [3.63, 3.8) is 0 Å². The van der Waals surface area contributed by atoms with Gasteiger partial charge in [0.1, 0.15) is 0 Å². The molecule has 1 saturated heterocycles. The molecule has 2 aromatic rings. The Kier molecular flexibility index (Phi) is 6.82. The summed E-state index contributed by atoms with van der Waals surface area (Å²) in [5, 5.41) is 15.2. The first-order valence-electron chi connectivity index (χ1n) is 13.9. The van der Waals surface area contributed by atoms with Crippen molar-refractivity contribution in [1.29, 1.82) is 0 Å². The molecule has 11 heteroatoms. The molecule has 7 nitrogen and oxygen atoms in total. The molecular weight excluding hydrogens is 561 g/mol. The number of amides is 1. The fourth-order valence-electron chi connectivity index (χ4n) is 7.85. The Bertz CT molecular complexity index is 1360. The molecule has 0 radical (unpaired) electrons. The van der Waals surface area contributed by atoms with Crippen molar-refractivity contribution in [1.82, 2.24) is 0 Å². The summed E-state index contributed by atoms with van der Waals surface area (Å²) < 4.78 is 52.1. The van der Waals surface area contributed by atoms with Crippen molar-refractivity contribution in [2.24, 2.45) is 17.8 Å². The molecule has 5 fully saturated rings. The minimum atomic E-state index is -4.71. The van der Waals surface area contributed by atoms with Crippen molar-refractivity contribution >= 4 is 40.5 Å². The van der Waals surface area contributed by atoms with Gasteiger partial charge in [0.2, 0.25) is 0 Å². The molecule has 2 unspecified atom stereocenters. The number of aliphatic carboxylic acids is 1. The Hall–Kier alpha value is -2.82. The number of carboxylic acids is 1. The lowest BCUT2D eigenvalue weighted by atomic mass is 9.48. The largest absolute Gasteiger partial charge is 0.479 e. The van der Waals surface area contributed by atoms with Gasteiger partial charge in [0.05, 0.1) is 16.3 Å². The first-order chi connectivity index (χ1) is 19.2. The molecule has 4 aliphatic carbocycles. The number of carbonyl (C=O) groups excluding carboxylic acids is 1. The number of ether oxygens (including phenoxy) is 2. The summed E-state index contributed by atoms with van der Waals surface area (Å²) in [7, 11) is 0. The molecule has 1 heterocycles. The van der Waals surface area contributed by atoms with Crippen molar-refractivity contribution in [2.45, 2.75) is 82.0 Å². The van der Waals surface area contributed by atoms with Gasteiger partial charge in [-0.15, -0.1) is 0 Å². The SMILES string of the molecule is CC1(C)OC(C(=O)O)C(C(=O)Nc2cc(Nc3ccc(C45CC6CC(CC(C6)C4)C5)cc3Cl)cc(C(F)(F)F)c2)O1. The van der Waals surface area contributed by atoms with Gasteiger partial charge in [-0.25, -0.2) is 4.79 Å². The molecule has 4 saturated carbocycles. The Morgan fingerprint density at radius 3 is 2.07 bits per heavy atom. The van der Waals surface area contributed by atoms with Crippen LogP contribution in [0.4, 0.5) is 30.2 Å². The first kappa shape index (κ1) is 28.3. The zero-order valence-electron chi connectivity index (χ0n) is 22.7. The molecule has 2 aromatic carbocycles. The van der Waals surface area contributed by atoms with Crippen LogP contribution in [0, 0.1) is 17.8 Å². The smallest absolute Gasteiger partial charge is 0.416 e. The van der Waals surface area contributed by atoms with E-state index in [1.165, 1.54) is 44.7 Å². The van der Waals surface area contributed by atoms with Crippen LogP contribution in [-0.2, 0) is 30.7 Å². The second-order valence-corrected chi connectivity index (χ2v) is 13.0. The average Bonchev–Trinajstić information content (AvgIpc) is 3.20. The van der Waals surface area contributed by atoms with E-state index < -0.39 is 41.6 Å². The van der Waals surface area contributed by atoms with Crippen molar-refractivity contribution in [3.8, 4) is 0 Å². The Labute approximate surface area is 240 Å². The van der Waals surface area contributed by atoms with E-state index in [1.54, 1.807) is 6.07 Å². The quantitative estimate of drug-likeness (QED) is 0.331. The van der Waals surface area contributed by atoms with Crippen LogP contribution < -0.4 is 10.6 Å². The summed E-state index contributed by atoms with van der Waals surface area (Å²) in [4.78, 5) is 24.5. The third kappa shape index (κ3) is 5.53. The van der Waals surface area contributed by atoms with E-state index in [9.17, 15) is 27.9 Å². The van der Waals surface area contributed by atoms with E-state index in [2.05, 4.69) is 10.6 Å². The van der Waals surface area contributed by atoms with Crippen LogP contribution in [0.1, 0.15) is 63.5 Å². The molecule has 5 aliphatic rings. The normalized spacial score (nSPS) is 31.7. The van der Waals surface area contributed by atoms with Gasteiger partial charge in [0.15, 0.2) is 18.0 Å². The van der Waals surface area contributed by atoms with Gasteiger partial charge >= 0.3 is 12.1 Å². The van der Waals surface area contributed by atoms with Crippen LogP contribution in [0.5, 0.6) is 0 Å². The maximum atomic E-state index is 13.8. The predicted molar refractivity (Wildman–Crippen MR) is 146 cm³/mol. The number of carbonyl (C=O) groups is 2. The summed E-state index contributed by atoms with van der Waals surface area (Å²) in [6, 6.07) is 8.81. The number of hydrogen-bond acceptors (Lipinski definition) is 5. The van der Waals surface area contributed by atoms with E-state index >= 15 is 0 Å². The highest BCUT2D eigenvalue weighted by molar-refractivity contribution is 6.33. The average molecular weight is 593 g/mol. The lowest BCUT2D eigenvalue weighted by Crippen LogP contribution is -2.48.